The van der Waals surface area contributed by atoms with E-state index >= 15 is 0 Å². The van der Waals surface area contributed by atoms with Crippen LogP contribution in [0.5, 0.6) is 11.5 Å². The maximum atomic E-state index is 12.2. The Hall–Kier alpha value is -3.12. The van der Waals surface area contributed by atoms with Crippen molar-refractivity contribution in [2.45, 2.75) is 26.2 Å². The van der Waals surface area contributed by atoms with Gasteiger partial charge < -0.3 is 14.2 Å². The Bertz CT molecular complexity index is 1030. The molecule has 0 aliphatic rings. The Kier molecular flexibility index (Phi) is 8.87. The average Bonchev–Trinajstić information content (AvgIpc) is 2.82. The highest BCUT2D eigenvalue weighted by Gasteiger charge is 2.11. The molecule has 0 unspecified atom stereocenters. The first-order chi connectivity index (χ1) is 15.5. The summed E-state index contributed by atoms with van der Waals surface area (Å²) in [5.41, 5.74) is 2.78. The fraction of sp³-hybridized carbons (Fsp3) is 0.231. The quantitative estimate of drug-likeness (QED) is 0.202. The van der Waals surface area contributed by atoms with Gasteiger partial charge in [-0.2, -0.15) is 0 Å². The first-order valence-corrected chi connectivity index (χ1v) is 11.3. The third-order valence-electron chi connectivity index (χ3n) is 4.76. The van der Waals surface area contributed by atoms with Crippen LogP contribution in [0.1, 0.15) is 34.8 Å². The second-order valence-electron chi connectivity index (χ2n) is 7.13. The van der Waals surface area contributed by atoms with Crippen LogP contribution in [-0.4, -0.2) is 25.2 Å². The minimum atomic E-state index is -0.535. The molecule has 0 N–H and O–H groups in total. The molecule has 0 bridgehead atoms. The van der Waals surface area contributed by atoms with E-state index in [0.29, 0.717) is 23.7 Å². The van der Waals surface area contributed by atoms with Crippen LogP contribution in [0, 0.1) is 0 Å². The molecule has 0 radical (unpaired) electrons. The molecular weight excluding hydrogens is 472 g/mol. The molecule has 32 heavy (non-hydrogen) atoms. The molecule has 0 fully saturated rings. The second kappa shape index (κ2) is 12.1. The summed E-state index contributed by atoms with van der Waals surface area (Å²) in [5, 5.41) is 0. The van der Waals surface area contributed by atoms with Crippen LogP contribution in [-0.2, 0) is 22.4 Å². The molecular formula is C26H25BrO5. The molecule has 3 rings (SSSR count). The lowest BCUT2D eigenvalue weighted by atomic mass is 10.1. The van der Waals surface area contributed by atoms with Gasteiger partial charge in [0.25, 0.3) is 0 Å². The predicted octanol–water partition coefficient (Wildman–Crippen LogP) is 5.79. The molecule has 0 spiro atoms. The van der Waals surface area contributed by atoms with Crippen LogP contribution >= 0.6 is 15.9 Å². The molecule has 0 saturated heterocycles. The van der Waals surface area contributed by atoms with Gasteiger partial charge in [0.05, 0.1) is 16.6 Å². The van der Waals surface area contributed by atoms with Gasteiger partial charge in [-0.15, -0.1) is 0 Å². The number of benzene rings is 3. The Morgan fingerprint density at radius 2 is 1.66 bits per heavy atom. The fourth-order valence-corrected chi connectivity index (χ4v) is 3.55. The van der Waals surface area contributed by atoms with Crippen molar-refractivity contribution in [2.24, 2.45) is 0 Å². The summed E-state index contributed by atoms with van der Waals surface area (Å²) in [4.78, 5) is 24.2. The van der Waals surface area contributed by atoms with Gasteiger partial charge in [0, 0.05) is 0 Å². The predicted molar refractivity (Wildman–Crippen MR) is 126 cm³/mol. The summed E-state index contributed by atoms with van der Waals surface area (Å²) < 4.78 is 16.9. The van der Waals surface area contributed by atoms with Crippen molar-refractivity contribution in [1.29, 1.82) is 0 Å². The Labute approximate surface area is 196 Å². The van der Waals surface area contributed by atoms with Crippen molar-refractivity contribution >= 4 is 27.9 Å². The third kappa shape index (κ3) is 7.24. The number of carbonyl (C=O) groups is 2. The summed E-state index contributed by atoms with van der Waals surface area (Å²) in [5.74, 6) is -0.0310. The monoisotopic (exact) mass is 496 g/mol. The number of esters is 2. The highest BCUT2D eigenvalue weighted by atomic mass is 79.9. The highest BCUT2D eigenvalue weighted by Crippen LogP contribution is 2.26. The van der Waals surface area contributed by atoms with Crippen LogP contribution in [0.15, 0.2) is 77.3 Å². The van der Waals surface area contributed by atoms with E-state index in [1.165, 1.54) is 11.1 Å². The first-order valence-electron chi connectivity index (χ1n) is 10.5. The zero-order valence-corrected chi connectivity index (χ0v) is 19.5. The highest BCUT2D eigenvalue weighted by molar-refractivity contribution is 9.10. The van der Waals surface area contributed by atoms with Crippen molar-refractivity contribution in [3.05, 3.63) is 94.0 Å². The van der Waals surface area contributed by atoms with Crippen LogP contribution < -0.4 is 9.47 Å². The molecule has 3 aromatic rings. The van der Waals surface area contributed by atoms with Crippen LogP contribution in [0.4, 0.5) is 0 Å². The van der Waals surface area contributed by atoms with Gasteiger partial charge in [-0.3, -0.25) is 0 Å². The minimum Gasteiger partial charge on any atom is -0.481 e. The lowest BCUT2D eigenvalue weighted by molar-refractivity contribution is -0.136. The van der Waals surface area contributed by atoms with Gasteiger partial charge in [0.1, 0.15) is 11.5 Å². The molecule has 0 amide bonds. The molecule has 166 valence electrons. The number of hydrogen-bond donors (Lipinski definition) is 0. The van der Waals surface area contributed by atoms with Gasteiger partial charge in [-0.25, -0.2) is 9.59 Å². The SMILES string of the molecule is CCc1ccc(OCC(=O)Oc2ccc(C(=O)OCCCc3ccccc3)cc2)c(Br)c1. The summed E-state index contributed by atoms with van der Waals surface area (Å²) in [6.07, 6.45) is 2.52. The van der Waals surface area contributed by atoms with Gasteiger partial charge >= 0.3 is 11.9 Å². The smallest absolute Gasteiger partial charge is 0.349 e. The molecule has 3 aromatic carbocycles. The zero-order valence-electron chi connectivity index (χ0n) is 17.9. The summed E-state index contributed by atoms with van der Waals surface area (Å²) in [6.45, 7) is 2.18. The number of hydrogen-bond acceptors (Lipinski definition) is 5. The lowest BCUT2D eigenvalue weighted by Gasteiger charge is -2.10. The van der Waals surface area contributed by atoms with E-state index < -0.39 is 11.9 Å². The topological polar surface area (TPSA) is 61.8 Å². The number of halogens is 1. The van der Waals surface area contributed by atoms with Gasteiger partial charge in [0.15, 0.2) is 6.61 Å². The largest absolute Gasteiger partial charge is 0.481 e. The maximum absolute atomic E-state index is 12.2. The summed E-state index contributed by atoms with van der Waals surface area (Å²) in [6, 6.07) is 22.0. The Balaban J connectivity index is 1.41. The molecule has 0 aliphatic heterocycles. The normalized spacial score (nSPS) is 10.4. The van der Waals surface area contributed by atoms with Crippen molar-refractivity contribution in [1.82, 2.24) is 0 Å². The standard InChI is InChI=1S/C26H25BrO5/c1-2-19-10-15-24(23(27)17-19)31-18-25(28)32-22-13-11-21(12-14-22)26(29)30-16-6-9-20-7-4-3-5-8-20/h3-5,7-8,10-15,17H,2,6,9,16,18H2,1H3. The summed E-state index contributed by atoms with van der Waals surface area (Å²) in [7, 11) is 0. The maximum Gasteiger partial charge on any atom is 0.349 e. The third-order valence-corrected chi connectivity index (χ3v) is 5.38. The van der Waals surface area contributed by atoms with Crippen molar-refractivity contribution < 1.29 is 23.8 Å². The van der Waals surface area contributed by atoms with E-state index in [-0.39, 0.29) is 6.61 Å². The van der Waals surface area contributed by atoms with E-state index in [1.807, 2.05) is 48.5 Å². The molecule has 0 atom stereocenters. The molecule has 0 aromatic heterocycles. The summed E-state index contributed by atoms with van der Waals surface area (Å²) >= 11 is 3.44. The molecule has 5 nitrogen and oxygen atoms in total. The van der Waals surface area contributed by atoms with Crippen molar-refractivity contribution in [2.75, 3.05) is 13.2 Å². The molecule has 0 aliphatic carbocycles. The van der Waals surface area contributed by atoms with Crippen LogP contribution in [0.2, 0.25) is 0 Å². The number of aryl methyl sites for hydroxylation is 2. The Morgan fingerprint density at radius 1 is 0.906 bits per heavy atom. The van der Waals surface area contributed by atoms with Gasteiger partial charge in [-0.1, -0.05) is 43.3 Å². The fourth-order valence-electron chi connectivity index (χ4n) is 3.01. The number of ether oxygens (including phenoxy) is 3. The van der Waals surface area contributed by atoms with E-state index in [0.717, 1.165) is 23.7 Å². The van der Waals surface area contributed by atoms with Crippen molar-refractivity contribution in [3.63, 3.8) is 0 Å². The molecule has 6 heteroatoms. The van der Waals surface area contributed by atoms with Crippen LogP contribution in [0.25, 0.3) is 0 Å². The van der Waals surface area contributed by atoms with Crippen molar-refractivity contribution in [3.8, 4) is 11.5 Å². The van der Waals surface area contributed by atoms with Gasteiger partial charge in [0.2, 0.25) is 0 Å². The average molecular weight is 497 g/mol. The second-order valence-corrected chi connectivity index (χ2v) is 7.98. The number of carbonyl (C=O) groups excluding carboxylic acids is 2. The Morgan fingerprint density at radius 3 is 2.34 bits per heavy atom. The van der Waals surface area contributed by atoms with E-state index in [4.69, 9.17) is 14.2 Å². The minimum absolute atomic E-state index is 0.227. The van der Waals surface area contributed by atoms with E-state index in [1.54, 1.807) is 24.3 Å². The molecule has 0 saturated carbocycles. The van der Waals surface area contributed by atoms with E-state index in [9.17, 15) is 9.59 Å². The molecule has 0 heterocycles. The first kappa shape index (κ1) is 23.5. The van der Waals surface area contributed by atoms with E-state index in [2.05, 4.69) is 22.9 Å². The van der Waals surface area contributed by atoms with Gasteiger partial charge in [-0.05, 0) is 82.7 Å². The van der Waals surface area contributed by atoms with Crippen LogP contribution in [0.3, 0.4) is 0 Å². The lowest BCUT2D eigenvalue weighted by Crippen LogP contribution is -2.18. The number of rotatable bonds is 10. The zero-order chi connectivity index (χ0) is 22.8.